The molecule has 1 aromatic heterocycles. The Labute approximate surface area is 145 Å². The first-order valence-corrected chi connectivity index (χ1v) is 7.91. The van der Waals surface area contributed by atoms with Gasteiger partial charge in [-0.15, -0.1) is 0 Å². The molecule has 0 saturated heterocycles. The molecule has 25 heavy (non-hydrogen) atoms. The van der Waals surface area contributed by atoms with Crippen LogP contribution in [0.25, 0.3) is 0 Å². The Kier molecular flexibility index (Phi) is 5.61. The largest absolute Gasteiger partial charge is 0.483 e. The molecule has 0 aliphatic rings. The number of carbonyl (C=O) groups excluding carboxylic acids is 1. The van der Waals surface area contributed by atoms with Crippen LogP contribution in [0.5, 0.6) is 5.75 Å². The summed E-state index contributed by atoms with van der Waals surface area (Å²) in [4.78, 5) is 11.8. The molecule has 0 fully saturated rings. The van der Waals surface area contributed by atoms with Crippen molar-refractivity contribution in [3.8, 4) is 5.75 Å². The van der Waals surface area contributed by atoms with E-state index in [1.54, 1.807) is 12.1 Å². The molecule has 5 nitrogen and oxygen atoms in total. The summed E-state index contributed by atoms with van der Waals surface area (Å²) < 4.78 is 10.7. The van der Waals surface area contributed by atoms with E-state index in [0.717, 1.165) is 12.0 Å². The zero-order valence-corrected chi connectivity index (χ0v) is 13.6. The maximum atomic E-state index is 11.8. The topological polar surface area (TPSA) is 63.8 Å². The van der Waals surface area contributed by atoms with E-state index in [4.69, 9.17) is 9.15 Å². The molecular weight excluding hydrogens is 316 g/mol. The summed E-state index contributed by atoms with van der Waals surface area (Å²) in [6, 6.07) is 21.3. The predicted octanol–water partition coefficient (Wildman–Crippen LogP) is 3.40. The standard InChI is InChI=1S/C20H18N2O3/c23-20(22-21-14-18-10-6-12-24-18)15-25-19-11-5-4-9-17(19)13-16-7-2-1-3-8-16/h1-12,14H,13,15H2,(H,22,23)/b21-14-. The summed E-state index contributed by atoms with van der Waals surface area (Å²) in [6.45, 7) is -0.110. The van der Waals surface area contributed by atoms with Crippen molar-refractivity contribution >= 4 is 12.1 Å². The number of carbonyl (C=O) groups is 1. The molecule has 2 aromatic carbocycles. The molecule has 1 heterocycles. The molecule has 0 saturated carbocycles. The number of para-hydroxylation sites is 1. The van der Waals surface area contributed by atoms with E-state index in [-0.39, 0.29) is 12.5 Å². The van der Waals surface area contributed by atoms with Gasteiger partial charge in [0, 0.05) is 6.42 Å². The minimum absolute atomic E-state index is 0.110. The fourth-order valence-electron chi connectivity index (χ4n) is 2.31. The third-order valence-electron chi connectivity index (χ3n) is 3.49. The van der Waals surface area contributed by atoms with Gasteiger partial charge in [0.05, 0.1) is 12.5 Å². The molecule has 1 amide bonds. The number of rotatable bonds is 7. The van der Waals surface area contributed by atoms with Crippen LogP contribution < -0.4 is 10.2 Å². The Bertz CT molecular complexity index is 827. The quantitative estimate of drug-likeness (QED) is 0.532. The number of hydrogen-bond acceptors (Lipinski definition) is 4. The lowest BCUT2D eigenvalue weighted by Crippen LogP contribution is -2.24. The number of amides is 1. The van der Waals surface area contributed by atoms with Crippen molar-refractivity contribution in [2.24, 2.45) is 5.10 Å². The number of nitrogens with zero attached hydrogens (tertiary/aromatic N) is 1. The minimum atomic E-state index is -0.336. The molecule has 0 radical (unpaired) electrons. The van der Waals surface area contributed by atoms with Gasteiger partial charge >= 0.3 is 0 Å². The van der Waals surface area contributed by atoms with Gasteiger partial charge in [-0.05, 0) is 29.3 Å². The van der Waals surface area contributed by atoms with E-state index in [1.165, 1.54) is 18.0 Å². The van der Waals surface area contributed by atoms with Crippen LogP contribution in [0, 0.1) is 0 Å². The first-order chi connectivity index (χ1) is 12.3. The van der Waals surface area contributed by atoms with Crippen molar-refractivity contribution in [3.63, 3.8) is 0 Å². The van der Waals surface area contributed by atoms with Crippen LogP contribution in [-0.2, 0) is 11.2 Å². The van der Waals surface area contributed by atoms with Crippen LogP contribution in [0.15, 0.2) is 82.5 Å². The van der Waals surface area contributed by atoms with Gasteiger partial charge in [0.25, 0.3) is 5.91 Å². The summed E-state index contributed by atoms with van der Waals surface area (Å²) >= 11 is 0. The highest BCUT2D eigenvalue weighted by Crippen LogP contribution is 2.21. The first-order valence-electron chi connectivity index (χ1n) is 7.91. The van der Waals surface area contributed by atoms with Crippen molar-refractivity contribution in [3.05, 3.63) is 89.9 Å². The third-order valence-corrected chi connectivity index (χ3v) is 3.49. The molecule has 5 heteroatoms. The van der Waals surface area contributed by atoms with Gasteiger partial charge in [-0.1, -0.05) is 48.5 Å². The highest BCUT2D eigenvalue weighted by Gasteiger charge is 2.07. The average Bonchev–Trinajstić information content (AvgIpc) is 3.15. The lowest BCUT2D eigenvalue weighted by atomic mass is 10.0. The van der Waals surface area contributed by atoms with Crippen LogP contribution in [0.4, 0.5) is 0 Å². The Hall–Kier alpha value is -3.34. The molecule has 0 spiro atoms. The van der Waals surface area contributed by atoms with Crippen LogP contribution in [-0.4, -0.2) is 18.7 Å². The Morgan fingerprint density at radius 1 is 1.04 bits per heavy atom. The lowest BCUT2D eigenvalue weighted by Gasteiger charge is -2.10. The van der Waals surface area contributed by atoms with Crippen molar-refractivity contribution < 1.29 is 13.9 Å². The van der Waals surface area contributed by atoms with E-state index in [9.17, 15) is 4.79 Å². The molecule has 0 unspecified atom stereocenters. The number of ether oxygens (including phenoxy) is 1. The molecule has 0 aliphatic carbocycles. The summed E-state index contributed by atoms with van der Waals surface area (Å²) in [7, 11) is 0. The minimum Gasteiger partial charge on any atom is -0.483 e. The number of nitrogens with one attached hydrogen (secondary N) is 1. The second-order valence-electron chi connectivity index (χ2n) is 5.37. The smallest absolute Gasteiger partial charge is 0.277 e. The number of hydrogen-bond donors (Lipinski definition) is 1. The van der Waals surface area contributed by atoms with Gasteiger partial charge in [0.2, 0.25) is 0 Å². The molecular formula is C20H18N2O3. The van der Waals surface area contributed by atoms with Crippen LogP contribution >= 0.6 is 0 Å². The lowest BCUT2D eigenvalue weighted by molar-refractivity contribution is -0.123. The zero-order valence-electron chi connectivity index (χ0n) is 13.6. The van der Waals surface area contributed by atoms with Crippen molar-refractivity contribution in [2.45, 2.75) is 6.42 Å². The highest BCUT2D eigenvalue weighted by molar-refractivity contribution is 5.81. The summed E-state index contributed by atoms with van der Waals surface area (Å²) in [5.74, 6) is 0.920. The van der Waals surface area contributed by atoms with Gasteiger partial charge in [0.15, 0.2) is 6.61 Å². The Morgan fingerprint density at radius 2 is 1.84 bits per heavy atom. The highest BCUT2D eigenvalue weighted by atomic mass is 16.5. The van der Waals surface area contributed by atoms with E-state index >= 15 is 0 Å². The molecule has 3 rings (SSSR count). The number of furan rings is 1. The maximum absolute atomic E-state index is 11.8. The van der Waals surface area contributed by atoms with Gasteiger partial charge in [-0.3, -0.25) is 4.79 Å². The van der Waals surface area contributed by atoms with E-state index in [2.05, 4.69) is 22.7 Å². The van der Waals surface area contributed by atoms with Gasteiger partial charge in [-0.25, -0.2) is 5.43 Å². The van der Waals surface area contributed by atoms with Crippen molar-refractivity contribution in [1.82, 2.24) is 5.43 Å². The van der Waals surface area contributed by atoms with Gasteiger partial charge < -0.3 is 9.15 Å². The Morgan fingerprint density at radius 3 is 2.64 bits per heavy atom. The average molecular weight is 334 g/mol. The van der Waals surface area contributed by atoms with Crippen LogP contribution in [0.3, 0.4) is 0 Å². The van der Waals surface area contributed by atoms with E-state index in [1.807, 2.05) is 42.5 Å². The molecule has 126 valence electrons. The van der Waals surface area contributed by atoms with Crippen molar-refractivity contribution in [1.29, 1.82) is 0 Å². The predicted molar refractivity (Wildman–Crippen MR) is 95.6 cm³/mol. The molecule has 1 N–H and O–H groups in total. The summed E-state index contributed by atoms with van der Waals surface area (Å²) in [5.41, 5.74) is 4.62. The fraction of sp³-hybridized carbons (Fsp3) is 0.100. The normalized spacial score (nSPS) is 10.7. The van der Waals surface area contributed by atoms with Gasteiger partial charge in [-0.2, -0.15) is 5.10 Å². The molecule has 0 bridgehead atoms. The molecule has 0 atom stereocenters. The first kappa shape index (κ1) is 16.5. The number of benzene rings is 2. The monoisotopic (exact) mass is 334 g/mol. The van der Waals surface area contributed by atoms with E-state index in [0.29, 0.717) is 11.5 Å². The van der Waals surface area contributed by atoms with E-state index < -0.39 is 0 Å². The van der Waals surface area contributed by atoms with Crippen LogP contribution in [0.2, 0.25) is 0 Å². The molecule has 3 aromatic rings. The zero-order chi connectivity index (χ0) is 17.3. The maximum Gasteiger partial charge on any atom is 0.277 e. The van der Waals surface area contributed by atoms with Crippen molar-refractivity contribution in [2.75, 3.05) is 6.61 Å². The Balaban J connectivity index is 1.55. The fourth-order valence-corrected chi connectivity index (χ4v) is 2.31. The summed E-state index contributed by atoms with van der Waals surface area (Å²) in [5, 5.41) is 3.82. The second-order valence-corrected chi connectivity index (χ2v) is 5.37. The number of hydrazone groups is 1. The van der Waals surface area contributed by atoms with Crippen LogP contribution in [0.1, 0.15) is 16.9 Å². The SMILES string of the molecule is O=C(COc1ccccc1Cc1ccccc1)N/N=C\c1ccco1. The summed E-state index contributed by atoms with van der Waals surface area (Å²) in [6.07, 6.45) is 3.71. The molecule has 0 aliphatic heterocycles. The third kappa shape index (κ3) is 5.07. The second kappa shape index (κ2) is 8.49. The van der Waals surface area contributed by atoms with Gasteiger partial charge in [0.1, 0.15) is 11.5 Å².